The number of hydrogen-bond acceptors (Lipinski definition) is 2. The SMILES string of the molecule is c1ccc(N=C2/C(=N/CP(c3ccccc3)c3ccccc3)c3cccc4cccc2c34)cc1. The van der Waals surface area contributed by atoms with Gasteiger partial charge in [-0.1, -0.05) is 115 Å². The van der Waals surface area contributed by atoms with Crippen molar-refractivity contribution >= 4 is 46.4 Å². The lowest BCUT2D eigenvalue weighted by Gasteiger charge is -2.17. The number of para-hydroxylation sites is 1. The molecule has 162 valence electrons. The number of rotatable bonds is 5. The molecule has 0 bridgehead atoms. The highest BCUT2D eigenvalue weighted by molar-refractivity contribution is 7.73. The lowest BCUT2D eigenvalue weighted by molar-refractivity contribution is 1.37. The van der Waals surface area contributed by atoms with Crippen molar-refractivity contribution in [3.8, 4) is 0 Å². The van der Waals surface area contributed by atoms with E-state index in [2.05, 4.69) is 109 Å². The van der Waals surface area contributed by atoms with E-state index >= 15 is 0 Å². The lowest BCUT2D eigenvalue weighted by atomic mass is 10.1. The molecule has 0 amide bonds. The van der Waals surface area contributed by atoms with Gasteiger partial charge in [-0.05, 0) is 36.0 Å². The minimum atomic E-state index is -0.623. The first-order valence-electron chi connectivity index (χ1n) is 11.5. The van der Waals surface area contributed by atoms with Crippen LogP contribution in [0.25, 0.3) is 10.8 Å². The van der Waals surface area contributed by atoms with Gasteiger partial charge in [0, 0.05) is 16.5 Å². The Hall–Kier alpha value is -3.87. The monoisotopic (exact) mass is 454 g/mol. The molecule has 0 unspecified atom stereocenters. The molecule has 0 saturated carbocycles. The normalized spacial score (nSPS) is 15.0. The van der Waals surface area contributed by atoms with Gasteiger partial charge < -0.3 is 0 Å². The van der Waals surface area contributed by atoms with Crippen molar-refractivity contribution in [3.05, 3.63) is 139 Å². The van der Waals surface area contributed by atoms with Crippen LogP contribution in [-0.2, 0) is 0 Å². The predicted octanol–water partition coefficient (Wildman–Crippen LogP) is 6.85. The van der Waals surface area contributed by atoms with Crippen molar-refractivity contribution in [3.63, 3.8) is 0 Å². The molecule has 0 aromatic heterocycles. The van der Waals surface area contributed by atoms with E-state index in [9.17, 15) is 0 Å². The van der Waals surface area contributed by atoms with E-state index in [1.165, 1.54) is 32.5 Å². The van der Waals surface area contributed by atoms with Crippen molar-refractivity contribution in [1.29, 1.82) is 0 Å². The summed E-state index contributed by atoms with van der Waals surface area (Å²) in [4.78, 5) is 10.4. The summed E-state index contributed by atoms with van der Waals surface area (Å²) in [6.07, 6.45) is 0.719. The van der Waals surface area contributed by atoms with Crippen molar-refractivity contribution < 1.29 is 0 Å². The van der Waals surface area contributed by atoms with Gasteiger partial charge >= 0.3 is 0 Å². The Kier molecular flexibility index (Phi) is 5.59. The van der Waals surface area contributed by atoms with E-state index in [1.807, 2.05) is 18.2 Å². The van der Waals surface area contributed by atoms with Crippen molar-refractivity contribution in [2.24, 2.45) is 9.98 Å². The molecule has 0 saturated heterocycles. The first-order chi connectivity index (χ1) is 16.9. The summed E-state index contributed by atoms with van der Waals surface area (Å²) in [6.45, 7) is 0. The van der Waals surface area contributed by atoms with Crippen LogP contribution in [0.2, 0.25) is 0 Å². The van der Waals surface area contributed by atoms with Crippen molar-refractivity contribution in [2.75, 3.05) is 6.29 Å². The van der Waals surface area contributed by atoms with Crippen molar-refractivity contribution in [2.45, 2.75) is 0 Å². The average Bonchev–Trinajstić information content (AvgIpc) is 3.20. The third-order valence-corrected chi connectivity index (χ3v) is 8.41. The lowest BCUT2D eigenvalue weighted by Crippen LogP contribution is -2.16. The van der Waals surface area contributed by atoms with Crippen LogP contribution < -0.4 is 10.6 Å². The molecular weight excluding hydrogens is 431 g/mol. The second-order valence-electron chi connectivity index (χ2n) is 8.25. The predicted molar refractivity (Wildman–Crippen MR) is 147 cm³/mol. The Bertz CT molecular complexity index is 1460. The zero-order chi connectivity index (χ0) is 22.7. The summed E-state index contributed by atoms with van der Waals surface area (Å²) in [5.41, 5.74) is 5.26. The van der Waals surface area contributed by atoms with E-state index in [4.69, 9.17) is 9.98 Å². The van der Waals surface area contributed by atoms with Gasteiger partial charge in [0.05, 0.1) is 23.4 Å². The summed E-state index contributed by atoms with van der Waals surface area (Å²) in [7, 11) is -0.623. The Morgan fingerprint density at radius 1 is 0.500 bits per heavy atom. The third-order valence-electron chi connectivity index (χ3n) is 6.14. The van der Waals surface area contributed by atoms with E-state index in [0.717, 1.165) is 23.4 Å². The fourth-order valence-corrected chi connectivity index (χ4v) is 6.54. The molecule has 2 nitrogen and oxygen atoms in total. The summed E-state index contributed by atoms with van der Waals surface area (Å²) in [5, 5.41) is 5.16. The zero-order valence-corrected chi connectivity index (χ0v) is 19.6. The van der Waals surface area contributed by atoms with Crippen LogP contribution in [0.4, 0.5) is 5.69 Å². The first kappa shape index (κ1) is 20.7. The molecule has 5 aromatic carbocycles. The first-order valence-corrected chi connectivity index (χ1v) is 13.0. The van der Waals surface area contributed by atoms with E-state index in [0.29, 0.717) is 0 Å². The maximum Gasteiger partial charge on any atom is 0.0974 e. The van der Waals surface area contributed by atoms with Gasteiger partial charge in [-0.2, -0.15) is 0 Å². The molecule has 1 aliphatic carbocycles. The highest BCUT2D eigenvalue weighted by Gasteiger charge is 2.27. The Balaban J connectivity index is 1.49. The number of hydrogen-bond donors (Lipinski definition) is 0. The number of nitrogens with zero attached hydrogens (tertiary/aromatic N) is 2. The van der Waals surface area contributed by atoms with E-state index < -0.39 is 7.92 Å². The van der Waals surface area contributed by atoms with Gasteiger partial charge in [-0.3, -0.25) is 4.99 Å². The fourth-order valence-electron chi connectivity index (χ4n) is 4.57. The summed E-state index contributed by atoms with van der Waals surface area (Å²) in [6, 6.07) is 44.7. The molecule has 5 aromatic rings. The van der Waals surface area contributed by atoms with Crippen LogP contribution in [-0.4, -0.2) is 17.7 Å². The van der Waals surface area contributed by atoms with Gasteiger partial charge in [0.1, 0.15) is 0 Å². The van der Waals surface area contributed by atoms with E-state index in [-0.39, 0.29) is 0 Å². The molecule has 0 heterocycles. The van der Waals surface area contributed by atoms with Gasteiger partial charge in [-0.15, -0.1) is 0 Å². The minimum Gasteiger partial charge on any atom is -0.277 e. The summed E-state index contributed by atoms with van der Waals surface area (Å²) < 4.78 is 0. The average molecular weight is 455 g/mol. The van der Waals surface area contributed by atoms with Crippen LogP contribution in [0, 0.1) is 0 Å². The zero-order valence-electron chi connectivity index (χ0n) is 18.7. The van der Waals surface area contributed by atoms with Crippen LogP contribution in [0.5, 0.6) is 0 Å². The molecule has 6 rings (SSSR count). The van der Waals surface area contributed by atoms with Gasteiger partial charge in [-0.25, -0.2) is 4.99 Å². The molecule has 0 N–H and O–H groups in total. The highest BCUT2D eigenvalue weighted by atomic mass is 31.1. The third kappa shape index (κ3) is 3.87. The number of aliphatic imine (C=N–C) groups is 2. The maximum absolute atomic E-state index is 5.31. The number of benzene rings is 5. The molecule has 1 aliphatic rings. The highest BCUT2D eigenvalue weighted by Crippen LogP contribution is 2.37. The van der Waals surface area contributed by atoms with Crippen LogP contribution >= 0.6 is 7.92 Å². The quantitative estimate of drug-likeness (QED) is 0.259. The molecule has 0 radical (unpaired) electrons. The summed E-state index contributed by atoms with van der Waals surface area (Å²) in [5.74, 6) is 0. The molecule has 0 atom stereocenters. The minimum absolute atomic E-state index is 0.623. The molecule has 0 fully saturated rings. The Labute approximate surface area is 201 Å². The summed E-state index contributed by atoms with van der Waals surface area (Å²) >= 11 is 0. The van der Waals surface area contributed by atoms with Gasteiger partial charge in [0.25, 0.3) is 0 Å². The van der Waals surface area contributed by atoms with Gasteiger partial charge in [0.2, 0.25) is 0 Å². The molecule has 34 heavy (non-hydrogen) atoms. The second-order valence-corrected chi connectivity index (χ2v) is 10.4. The molecule has 0 spiro atoms. The Morgan fingerprint density at radius 3 is 1.62 bits per heavy atom. The largest absolute Gasteiger partial charge is 0.277 e. The molecular formula is C31H23N2P. The van der Waals surface area contributed by atoms with Gasteiger partial charge in [0.15, 0.2) is 0 Å². The second kappa shape index (κ2) is 9.17. The van der Waals surface area contributed by atoms with Crippen molar-refractivity contribution in [1.82, 2.24) is 0 Å². The fraction of sp³-hybridized carbons (Fsp3) is 0.0323. The standard InChI is InChI=1S/C31H23N2P/c1-4-14-24(15-5-1)33-31-28-21-11-13-23-12-10-20-27(29(23)28)30(31)32-22-34(25-16-6-2-7-17-25)26-18-8-3-9-19-26/h1-21H,22H2/b32-30+,33-31?. The maximum atomic E-state index is 5.31. The molecule has 0 aliphatic heterocycles. The van der Waals surface area contributed by atoms with Crippen LogP contribution in [0.3, 0.4) is 0 Å². The van der Waals surface area contributed by atoms with Crippen LogP contribution in [0.15, 0.2) is 137 Å². The smallest absolute Gasteiger partial charge is 0.0974 e. The van der Waals surface area contributed by atoms with Crippen LogP contribution in [0.1, 0.15) is 11.1 Å². The topological polar surface area (TPSA) is 24.7 Å². The Morgan fingerprint density at radius 2 is 1.03 bits per heavy atom. The molecule has 3 heteroatoms. The van der Waals surface area contributed by atoms with E-state index in [1.54, 1.807) is 0 Å².